The number of alkyl halides is 3. The predicted octanol–water partition coefficient (Wildman–Crippen LogP) is 4.83. The SMILES string of the molecule is CCOc1ncc(Nc2cc([C@@H](CC(=O)OC)C(F)(F)F)ccc2N(CC)C2CCOCC2)cn1. The van der Waals surface area contributed by atoms with Crippen LogP contribution in [0, 0.1) is 0 Å². The summed E-state index contributed by atoms with van der Waals surface area (Å²) in [6.45, 7) is 6.14. The lowest BCUT2D eigenvalue weighted by molar-refractivity contribution is -0.164. The molecule has 1 atom stereocenters. The third kappa shape index (κ3) is 6.97. The molecule has 1 fully saturated rings. The van der Waals surface area contributed by atoms with Gasteiger partial charge >= 0.3 is 18.2 Å². The van der Waals surface area contributed by atoms with Gasteiger partial charge in [0.25, 0.3) is 0 Å². The fourth-order valence-corrected chi connectivity index (χ4v) is 4.16. The lowest BCUT2D eigenvalue weighted by Gasteiger charge is -2.37. The van der Waals surface area contributed by atoms with Gasteiger partial charge in [0.05, 0.1) is 55.5 Å². The first-order valence-electron chi connectivity index (χ1n) is 11.6. The van der Waals surface area contributed by atoms with E-state index in [0.717, 1.165) is 25.6 Å². The molecule has 192 valence electrons. The number of esters is 1. The Morgan fingerprint density at radius 2 is 1.91 bits per heavy atom. The number of ether oxygens (including phenoxy) is 3. The van der Waals surface area contributed by atoms with Crippen molar-refractivity contribution >= 4 is 23.0 Å². The Morgan fingerprint density at radius 1 is 1.23 bits per heavy atom. The number of rotatable bonds is 10. The molecule has 1 aliphatic rings. The first-order chi connectivity index (χ1) is 16.8. The summed E-state index contributed by atoms with van der Waals surface area (Å²) in [5, 5.41) is 3.17. The molecule has 0 aliphatic carbocycles. The molecule has 0 unspecified atom stereocenters. The molecule has 1 N–H and O–H groups in total. The highest BCUT2D eigenvalue weighted by atomic mass is 19.4. The number of hydrogen-bond acceptors (Lipinski definition) is 8. The van der Waals surface area contributed by atoms with E-state index in [1.54, 1.807) is 6.07 Å². The number of carbonyl (C=O) groups excluding carboxylic acids is 1. The molecule has 0 amide bonds. The maximum Gasteiger partial charge on any atom is 0.396 e. The van der Waals surface area contributed by atoms with Crippen LogP contribution in [0.25, 0.3) is 0 Å². The molecule has 8 nitrogen and oxygen atoms in total. The molecule has 1 saturated heterocycles. The van der Waals surface area contributed by atoms with Gasteiger partial charge in [-0.1, -0.05) is 6.07 Å². The number of halogens is 3. The maximum atomic E-state index is 13.9. The maximum absolute atomic E-state index is 13.9. The van der Waals surface area contributed by atoms with Crippen molar-refractivity contribution in [2.24, 2.45) is 0 Å². The van der Waals surface area contributed by atoms with Crippen molar-refractivity contribution in [3.63, 3.8) is 0 Å². The second-order valence-corrected chi connectivity index (χ2v) is 8.09. The summed E-state index contributed by atoms with van der Waals surface area (Å²) in [6.07, 6.45) is -0.782. The number of anilines is 3. The fourth-order valence-electron chi connectivity index (χ4n) is 4.16. The molecular formula is C24H31F3N4O4. The van der Waals surface area contributed by atoms with Gasteiger partial charge in [0.2, 0.25) is 0 Å². The lowest BCUT2D eigenvalue weighted by atomic mass is 9.93. The van der Waals surface area contributed by atoms with Crippen molar-refractivity contribution in [3.05, 3.63) is 36.2 Å². The first-order valence-corrected chi connectivity index (χ1v) is 11.6. The Balaban J connectivity index is 2.02. The normalized spacial score (nSPS) is 15.4. The van der Waals surface area contributed by atoms with Crippen LogP contribution in [0.15, 0.2) is 30.6 Å². The Hall–Kier alpha value is -3.08. The zero-order chi connectivity index (χ0) is 25.4. The minimum absolute atomic E-state index is 0.0379. The van der Waals surface area contributed by atoms with Crippen molar-refractivity contribution in [1.29, 1.82) is 0 Å². The van der Waals surface area contributed by atoms with E-state index in [1.807, 2.05) is 13.8 Å². The number of methoxy groups -OCH3 is 1. The third-order valence-electron chi connectivity index (χ3n) is 5.88. The van der Waals surface area contributed by atoms with E-state index in [0.29, 0.717) is 37.7 Å². The highest BCUT2D eigenvalue weighted by molar-refractivity contribution is 5.77. The van der Waals surface area contributed by atoms with Crippen LogP contribution >= 0.6 is 0 Å². The largest absolute Gasteiger partial charge is 0.469 e. The van der Waals surface area contributed by atoms with Crippen molar-refractivity contribution in [2.45, 2.75) is 51.2 Å². The summed E-state index contributed by atoms with van der Waals surface area (Å²) in [4.78, 5) is 22.2. The van der Waals surface area contributed by atoms with Gasteiger partial charge in [-0.2, -0.15) is 13.2 Å². The van der Waals surface area contributed by atoms with E-state index in [2.05, 4.69) is 24.9 Å². The van der Waals surface area contributed by atoms with E-state index in [1.165, 1.54) is 24.5 Å². The molecule has 11 heteroatoms. The summed E-state index contributed by atoms with van der Waals surface area (Å²) in [6, 6.07) is 4.93. The second kappa shape index (κ2) is 12.1. The van der Waals surface area contributed by atoms with Crippen LogP contribution in [-0.4, -0.2) is 61.6 Å². The summed E-state index contributed by atoms with van der Waals surface area (Å²) < 4.78 is 57.0. The molecule has 1 aromatic heterocycles. The van der Waals surface area contributed by atoms with Gasteiger partial charge in [0, 0.05) is 25.8 Å². The van der Waals surface area contributed by atoms with Gasteiger partial charge in [0.15, 0.2) is 0 Å². The monoisotopic (exact) mass is 496 g/mol. The fraction of sp³-hybridized carbons (Fsp3) is 0.542. The van der Waals surface area contributed by atoms with Crippen LogP contribution in [0.2, 0.25) is 0 Å². The van der Waals surface area contributed by atoms with E-state index in [9.17, 15) is 18.0 Å². The first kappa shape index (κ1) is 26.5. The Labute approximate surface area is 202 Å². The summed E-state index contributed by atoms with van der Waals surface area (Å²) >= 11 is 0. The minimum atomic E-state index is -4.62. The van der Waals surface area contributed by atoms with Crippen molar-refractivity contribution in [1.82, 2.24) is 9.97 Å². The van der Waals surface area contributed by atoms with Gasteiger partial charge in [-0.05, 0) is 44.4 Å². The molecule has 0 saturated carbocycles. The van der Waals surface area contributed by atoms with Crippen LogP contribution in [-0.2, 0) is 14.3 Å². The van der Waals surface area contributed by atoms with Crippen LogP contribution in [0.4, 0.5) is 30.2 Å². The van der Waals surface area contributed by atoms with Crippen molar-refractivity contribution in [2.75, 3.05) is 43.7 Å². The predicted molar refractivity (Wildman–Crippen MR) is 125 cm³/mol. The van der Waals surface area contributed by atoms with Crippen LogP contribution in [0.3, 0.4) is 0 Å². The second-order valence-electron chi connectivity index (χ2n) is 8.09. The van der Waals surface area contributed by atoms with Gasteiger partial charge in [-0.25, -0.2) is 9.97 Å². The summed E-state index contributed by atoms with van der Waals surface area (Å²) in [5.41, 5.74) is 1.66. The smallest absolute Gasteiger partial charge is 0.396 e. The minimum Gasteiger partial charge on any atom is -0.469 e. The molecule has 1 aromatic carbocycles. The summed E-state index contributed by atoms with van der Waals surface area (Å²) in [5.74, 6) is -2.93. The van der Waals surface area contributed by atoms with E-state index < -0.39 is 24.5 Å². The Morgan fingerprint density at radius 3 is 2.49 bits per heavy atom. The molecule has 1 aliphatic heterocycles. The molecule has 3 rings (SSSR count). The molecule has 0 radical (unpaired) electrons. The zero-order valence-electron chi connectivity index (χ0n) is 20.1. The summed E-state index contributed by atoms with van der Waals surface area (Å²) in [7, 11) is 1.07. The van der Waals surface area contributed by atoms with Crippen LogP contribution < -0.4 is 15.0 Å². The number of benzene rings is 1. The van der Waals surface area contributed by atoms with E-state index in [4.69, 9.17) is 9.47 Å². The van der Waals surface area contributed by atoms with Gasteiger partial charge < -0.3 is 24.4 Å². The number of hydrogen-bond donors (Lipinski definition) is 1. The van der Waals surface area contributed by atoms with Crippen molar-refractivity contribution in [3.8, 4) is 6.01 Å². The van der Waals surface area contributed by atoms with Gasteiger partial charge in [-0.15, -0.1) is 0 Å². The van der Waals surface area contributed by atoms with Gasteiger partial charge in [0.1, 0.15) is 0 Å². The van der Waals surface area contributed by atoms with Crippen molar-refractivity contribution < 1.29 is 32.2 Å². The highest BCUT2D eigenvalue weighted by Crippen LogP contribution is 2.41. The molecular weight excluding hydrogens is 465 g/mol. The Kier molecular flexibility index (Phi) is 9.13. The van der Waals surface area contributed by atoms with Crippen LogP contribution in [0.1, 0.15) is 44.6 Å². The quantitative estimate of drug-likeness (QED) is 0.468. The molecule has 0 spiro atoms. The van der Waals surface area contributed by atoms with Gasteiger partial charge in [-0.3, -0.25) is 4.79 Å². The number of nitrogens with zero attached hydrogens (tertiary/aromatic N) is 3. The number of carbonyl (C=O) groups is 1. The van der Waals surface area contributed by atoms with E-state index >= 15 is 0 Å². The topological polar surface area (TPSA) is 85.8 Å². The average molecular weight is 497 g/mol. The number of aromatic nitrogens is 2. The molecule has 2 heterocycles. The lowest BCUT2D eigenvalue weighted by Crippen LogP contribution is -2.39. The average Bonchev–Trinajstić information content (AvgIpc) is 2.85. The standard InChI is InChI=1S/C24H31F3N4O4/c1-4-31(18-8-10-34-11-9-18)21-7-6-16(19(24(25,26)27)13-22(32)33-3)12-20(21)30-17-14-28-23(29-15-17)35-5-2/h6-7,12,14-15,18-19,30H,4-5,8-11,13H2,1-3H3/t19-/m1/s1. The van der Waals surface area contributed by atoms with E-state index in [-0.39, 0.29) is 17.6 Å². The molecule has 35 heavy (non-hydrogen) atoms. The number of nitrogens with one attached hydrogen (secondary N) is 1. The third-order valence-corrected chi connectivity index (χ3v) is 5.88. The Bertz CT molecular complexity index is 966. The van der Waals surface area contributed by atoms with Crippen LogP contribution in [0.5, 0.6) is 6.01 Å². The zero-order valence-corrected chi connectivity index (χ0v) is 20.1. The highest BCUT2D eigenvalue weighted by Gasteiger charge is 2.42. The molecule has 0 bridgehead atoms. The molecule has 2 aromatic rings.